The van der Waals surface area contributed by atoms with Crippen LogP contribution in [-0.2, 0) is 4.74 Å². The molecule has 0 aliphatic heterocycles. The third-order valence-corrected chi connectivity index (χ3v) is 6.38. The van der Waals surface area contributed by atoms with E-state index in [4.69, 9.17) is 14.2 Å². The molecule has 0 atom stereocenters. The summed E-state index contributed by atoms with van der Waals surface area (Å²) in [6.07, 6.45) is 2.09. The van der Waals surface area contributed by atoms with Crippen molar-refractivity contribution in [2.24, 2.45) is 0 Å². The minimum Gasteiger partial charge on any atom is -0.497 e. The highest BCUT2D eigenvalue weighted by Gasteiger charge is 2.28. The van der Waals surface area contributed by atoms with Gasteiger partial charge in [-0.3, -0.25) is 0 Å². The van der Waals surface area contributed by atoms with Crippen molar-refractivity contribution in [3.8, 4) is 22.6 Å². The largest absolute Gasteiger partial charge is 0.497 e. The second-order valence-corrected chi connectivity index (χ2v) is 8.52. The average Bonchev–Trinajstić information content (AvgIpc) is 2.87. The van der Waals surface area contributed by atoms with Crippen molar-refractivity contribution in [1.29, 1.82) is 0 Å². The predicted octanol–water partition coefficient (Wildman–Crippen LogP) is 7.06. The molecule has 0 amide bonds. The van der Waals surface area contributed by atoms with Gasteiger partial charge in [0.25, 0.3) is 0 Å². The number of benzene rings is 3. The first kappa shape index (κ1) is 24.6. The Balaban J connectivity index is 1.39. The predicted molar refractivity (Wildman–Crippen MR) is 126 cm³/mol. The van der Waals surface area contributed by atoms with Crippen LogP contribution in [0, 0.1) is 17.5 Å². The molecule has 0 heterocycles. The van der Waals surface area contributed by atoms with Gasteiger partial charge in [-0.1, -0.05) is 24.3 Å². The van der Waals surface area contributed by atoms with Crippen molar-refractivity contribution >= 4 is 5.97 Å². The van der Waals surface area contributed by atoms with Crippen molar-refractivity contribution in [3.63, 3.8) is 0 Å². The van der Waals surface area contributed by atoms with Crippen LogP contribution in [0.25, 0.3) is 11.1 Å². The van der Waals surface area contributed by atoms with E-state index in [0.29, 0.717) is 43.6 Å². The molecule has 35 heavy (non-hydrogen) atoms. The van der Waals surface area contributed by atoms with Gasteiger partial charge in [0.1, 0.15) is 11.9 Å². The van der Waals surface area contributed by atoms with E-state index in [9.17, 15) is 18.0 Å². The molecular weight excluding hydrogens is 457 g/mol. The zero-order valence-corrected chi connectivity index (χ0v) is 19.7. The fourth-order valence-corrected chi connectivity index (χ4v) is 4.47. The number of carbonyl (C=O) groups is 1. The molecule has 0 radical (unpaired) electrons. The van der Waals surface area contributed by atoms with Gasteiger partial charge in [-0.2, -0.15) is 0 Å². The fraction of sp³-hybridized carbons (Fsp3) is 0.321. The topological polar surface area (TPSA) is 44.8 Å². The van der Waals surface area contributed by atoms with Gasteiger partial charge >= 0.3 is 5.97 Å². The molecule has 1 fully saturated rings. The Bertz CT molecular complexity index is 1190. The van der Waals surface area contributed by atoms with E-state index >= 15 is 0 Å². The van der Waals surface area contributed by atoms with Gasteiger partial charge in [0.05, 0.1) is 19.3 Å². The molecular formula is C28H27F3O4. The number of carbonyl (C=O) groups excluding carboxylic acids is 1. The normalized spacial score (nSPS) is 17.6. The van der Waals surface area contributed by atoms with Gasteiger partial charge in [0.15, 0.2) is 23.2 Å². The van der Waals surface area contributed by atoms with Crippen LogP contribution >= 0.6 is 0 Å². The number of hydrogen-bond acceptors (Lipinski definition) is 4. The molecule has 0 spiro atoms. The second kappa shape index (κ2) is 10.8. The third-order valence-electron chi connectivity index (χ3n) is 6.38. The Hall–Kier alpha value is -3.48. The highest BCUT2D eigenvalue weighted by atomic mass is 19.2. The summed E-state index contributed by atoms with van der Waals surface area (Å²) in [6.45, 7) is 2.19. The van der Waals surface area contributed by atoms with E-state index in [-0.39, 0.29) is 17.2 Å². The quantitative estimate of drug-likeness (QED) is 0.337. The van der Waals surface area contributed by atoms with E-state index in [1.807, 2.05) is 6.07 Å². The van der Waals surface area contributed by atoms with Crippen molar-refractivity contribution in [2.75, 3.05) is 13.7 Å². The molecule has 7 heteroatoms. The van der Waals surface area contributed by atoms with Crippen molar-refractivity contribution in [3.05, 3.63) is 83.2 Å². The highest BCUT2D eigenvalue weighted by molar-refractivity contribution is 5.90. The number of halogens is 3. The van der Waals surface area contributed by atoms with Crippen LogP contribution in [0.2, 0.25) is 0 Å². The summed E-state index contributed by atoms with van der Waals surface area (Å²) in [5.74, 6) is -2.67. The minimum absolute atomic E-state index is 0.0461. The Morgan fingerprint density at radius 3 is 2.26 bits per heavy atom. The average molecular weight is 485 g/mol. The summed E-state index contributed by atoms with van der Waals surface area (Å²) < 4.78 is 59.5. The van der Waals surface area contributed by atoms with Gasteiger partial charge in [-0.05, 0) is 80.0 Å². The lowest BCUT2D eigenvalue weighted by Gasteiger charge is -2.28. The minimum atomic E-state index is -1.23. The lowest BCUT2D eigenvalue weighted by atomic mass is 9.82. The van der Waals surface area contributed by atoms with Crippen molar-refractivity contribution < 1.29 is 32.2 Å². The second-order valence-electron chi connectivity index (χ2n) is 8.52. The summed E-state index contributed by atoms with van der Waals surface area (Å²) in [7, 11) is 1.52. The molecule has 0 N–H and O–H groups in total. The number of hydrogen-bond donors (Lipinski definition) is 0. The first-order chi connectivity index (χ1) is 16.9. The summed E-state index contributed by atoms with van der Waals surface area (Å²) >= 11 is 0. The first-order valence-electron chi connectivity index (χ1n) is 11.7. The molecule has 0 saturated heterocycles. The zero-order chi connectivity index (χ0) is 24.9. The van der Waals surface area contributed by atoms with E-state index in [0.717, 1.165) is 5.56 Å². The summed E-state index contributed by atoms with van der Waals surface area (Å²) in [5.41, 5.74) is 0.949. The Morgan fingerprint density at radius 1 is 0.914 bits per heavy atom. The van der Waals surface area contributed by atoms with Gasteiger partial charge in [-0.15, -0.1) is 0 Å². The van der Waals surface area contributed by atoms with Crippen LogP contribution < -0.4 is 9.47 Å². The first-order valence-corrected chi connectivity index (χ1v) is 11.7. The summed E-state index contributed by atoms with van der Waals surface area (Å²) in [5, 5.41) is 0. The fourth-order valence-electron chi connectivity index (χ4n) is 4.47. The van der Waals surface area contributed by atoms with Crippen LogP contribution in [0.3, 0.4) is 0 Å². The Morgan fingerprint density at radius 2 is 1.63 bits per heavy atom. The van der Waals surface area contributed by atoms with Crippen LogP contribution in [0.5, 0.6) is 11.5 Å². The molecule has 4 rings (SSSR count). The van der Waals surface area contributed by atoms with Crippen molar-refractivity contribution in [1.82, 2.24) is 0 Å². The van der Waals surface area contributed by atoms with Gasteiger partial charge in [-0.25, -0.2) is 18.0 Å². The van der Waals surface area contributed by atoms with Gasteiger partial charge in [0.2, 0.25) is 0 Å². The number of ether oxygens (including phenoxy) is 3. The van der Waals surface area contributed by atoms with E-state index in [2.05, 4.69) is 0 Å². The molecule has 1 aliphatic rings. The number of esters is 1. The lowest BCUT2D eigenvalue weighted by Crippen LogP contribution is -2.24. The molecule has 1 aliphatic carbocycles. The molecule has 4 nitrogen and oxygen atoms in total. The zero-order valence-electron chi connectivity index (χ0n) is 19.7. The van der Waals surface area contributed by atoms with Crippen LogP contribution in [0.1, 0.15) is 54.4 Å². The van der Waals surface area contributed by atoms with Crippen LogP contribution in [0.4, 0.5) is 13.2 Å². The van der Waals surface area contributed by atoms with Gasteiger partial charge < -0.3 is 14.2 Å². The number of rotatable bonds is 7. The summed E-state index contributed by atoms with van der Waals surface area (Å²) in [4.78, 5) is 12.6. The standard InChI is InChI=1S/C28H27F3O4/c1-3-34-25-15-8-19(16-24(25)29)17-4-11-21(12-5-17)35-28(32)23-14-13-22(26(30)27(23)31)18-6-9-20(33-2)10-7-18/h6-10,13-17,21H,3-5,11-12H2,1-2H3. The van der Waals surface area contributed by atoms with Crippen LogP contribution in [-0.4, -0.2) is 25.8 Å². The Kier molecular flexibility index (Phi) is 7.63. The number of methoxy groups -OCH3 is 1. The van der Waals surface area contributed by atoms with Crippen molar-refractivity contribution in [2.45, 2.75) is 44.6 Å². The van der Waals surface area contributed by atoms with E-state index in [1.54, 1.807) is 37.3 Å². The highest BCUT2D eigenvalue weighted by Crippen LogP contribution is 2.36. The molecule has 3 aromatic rings. The molecule has 0 aromatic heterocycles. The van der Waals surface area contributed by atoms with E-state index < -0.39 is 35.1 Å². The molecule has 3 aromatic carbocycles. The monoisotopic (exact) mass is 484 g/mol. The van der Waals surface area contributed by atoms with Gasteiger partial charge in [0, 0.05) is 5.56 Å². The molecule has 0 unspecified atom stereocenters. The maximum absolute atomic E-state index is 14.8. The Labute approximate surface area is 202 Å². The molecule has 184 valence electrons. The third kappa shape index (κ3) is 5.45. The lowest BCUT2D eigenvalue weighted by molar-refractivity contribution is 0.0189. The molecule has 1 saturated carbocycles. The maximum Gasteiger partial charge on any atom is 0.341 e. The smallest absolute Gasteiger partial charge is 0.341 e. The molecule has 0 bridgehead atoms. The summed E-state index contributed by atoms with van der Waals surface area (Å²) in [6, 6.07) is 14.1. The SMILES string of the molecule is CCOc1ccc(C2CCC(OC(=O)c3ccc(-c4ccc(OC)cc4)c(F)c3F)CC2)cc1F. The van der Waals surface area contributed by atoms with E-state index in [1.165, 1.54) is 25.3 Å². The van der Waals surface area contributed by atoms with Crippen LogP contribution in [0.15, 0.2) is 54.6 Å². The maximum atomic E-state index is 14.8.